The third-order valence-electron chi connectivity index (χ3n) is 3.85. The summed E-state index contributed by atoms with van der Waals surface area (Å²) in [7, 11) is 2.08. The number of Topliss-reactive ketones (excluding diaryl/α,β-unsaturated/α-hetero) is 1. The lowest BCUT2D eigenvalue weighted by Crippen LogP contribution is -2.44. The zero-order chi connectivity index (χ0) is 15.4. The number of likely N-dealkylation sites (N-methyl/N-ethyl adjacent to an activating group) is 1. The van der Waals surface area contributed by atoms with Gasteiger partial charge in [-0.3, -0.25) is 4.79 Å². The summed E-state index contributed by atoms with van der Waals surface area (Å²) >= 11 is 0. The van der Waals surface area contributed by atoms with Crippen molar-refractivity contribution >= 4 is 17.5 Å². The molecular formula is C16H23N3O2. The molecule has 0 saturated carbocycles. The normalized spacial score (nSPS) is 20.0. The van der Waals surface area contributed by atoms with Crippen LogP contribution in [0.4, 0.5) is 10.5 Å². The van der Waals surface area contributed by atoms with Gasteiger partial charge in [0.05, 0.1) is 0 Å². The van der Waals surface area contributed by atoms with Crippen LogP contribution in [-0.4, -0.2) is 54.3 Å². The molecule has 1 aromatic rings. The average molecular weight is 289 g/mol. The number of urea groups is 1. The van der Waals surface area contributed by atoms with E-state index < -0.39 is 0 Å². The Kier molecular flexibility index (Phi) is 4.96. The van der Waals surface area contributed by atoms with Crippen molar-refractivity contribution in [2.24, 2.45) is 0 Å². The topological polar surface area (TPSA) is 52.7 Å². The molecule has 2 rings (SSSR count). The number of amides is 2. The number of ketones is 1. The van der Waals surface area contributed by atoms with Crippen LogP contribution in [0.1, 0.15) is 30.6 Å². The Morgan fingerprint density at radius 3 is 2.48 bits per heavy atom. The quantitative estimate of drug-likeness (QED) is 0.851. The van der Waals surface area contributed by atoms with Gasteiger partial charge in [-0.05, 0) is 58.1 Å². The Bertz CT molecular complexity index is 513. The third kappa shape index (κ3) is 4.04. The van der Waals surface area contributed by atoms with Crippen molar-refractivity contribution in [2.75, 3.05) is 32.0 Å². The fourth-order valence-electron chi connectivity index (χ4n) is 2.66. The van der Waals surface area contributed by atoms with Crippen molar-refractivity contribution in [1.29, 1.82) is 0 Å². The number of hydrogen-bond acceptors (Lipinski definition) is 3. The number of nitrogens with zero attached hydrogens (tertiary/aromatic N) is 2. The molecule has 21 heavy (non-hydrogen) atoms. The van der Waals surface area contributed by atoms with E-state index in [2.05, 4.69) is 24.2 Å². The Labute approximate surface area is 125 Å². The summed E-state index contributed by atoms with van der Waals surface area (Å²) in [6.45, 7) is 6.27. The minimum Gasteiger partial charge on any atom is -0.320 e. The molecule has 2 amide bonds. The van der Waals surface area contributed by atoms with Crippen molar-refractivity contribution in [3.63, 3.8) is 0 Å². The number of carbonyl (C=O) groups is 2. The van der Waals surface area contributed by atoms with E-state index in [0.717, 1.165) is 31.7 Å². The van der Waals surface area contributed by atoms with Gasteiger partial charge in [0.15, 0.2) is 5.78 Å². The van der Waals surface area contributed by atoms with Crippen LogP contribution in [0.2, 0.25) is 0 Å². The number of rotatable bonds is 2. The fraction of sp³-hybridized carbons (Fsp3) is 0.500. The molecule has 0 spiro atoms. The van der Waals surface area contributed by atoms with Gasteiger partial charge in [0.25, 0.3) is 0 Å². The summed E-state index contributed by atoms with van der Waals surface area (Å²) in [4.78, 5) is 27.8. The van der Waals surface area contributed by atoms with Gasteiger partial charge in [0, 0.05) is 30.4 Å². The highest BCUT2D eigenvalue weighted by Crippen LogP contribution is 2.14. The second kappa shape index (κ2) is 6.72. The number of nitrogens with one attached hydrogen (secondary N) is 1. The molecule has 0 radical (unpaired) electrons. The third-order valence-corrected chi connectivity index (χ3v) is 3.85. The Hall–Kier alpha value is -1.88. The summed E-state index contributed by atoms with van der Waals surface area (Å²) in [5.74, 6) is 0.0251. The lowest BCUT2D eigenvalue weighted by atomic mass is 10.1. The van der Waals surface area contributed by atoms with Crippen LogP contribution in [0.5, 0.6) is 0 Å². The molecule has 0 aromatic heterocycles. The lowest BCUT2D eigenvalue weighted by molar-refractivity contribution is 0.101. The van der Waals surface area contributed by atoms with Crippen molar-refractivity contribution < 1.29 is 9.59 Å². The van der Waals surface area contributed by atoms with E-state index in [0.29, 0.717) is 5.56 Å². The van der Waals surface area contributed by atoms with Crippen LogP contribution in [0.15, 0.2) is 24.3 Å². The smallest absolute Gasteiger partial charge is 0.320 e. The Morgan fingerprint density at radius 1 is 1.19 bits per heavy atom. The first-order valence-corrected chi connectivity index (χ1v) is 7.34. The van der Waals surface area contributed by atoms with E-state index in [-0.39, 0.29) is 17.9 Å². The van der Waals surface area contributed by atoms with Crippen LogP contribution in [0.25, 0.3) is 0 Å². The average Bonchev–Trinajstić information content (AvgIpc) is 2.60. The number of carbonyl (C=O) groups excluding carboxylic acids is 2. The van der Waals surface area contributed by atoms with E-state index in [1.807, 2.05) is 4.90 Å². The van der Waals surface area contributed by atoms with Gasteiger partial charge >= 0.3 is 6.03 Å². The van der Waals surface area contributed by atoms with Gasteiger partial charge in [-0.15, -0.1) is 0 Å². The summed E-state index contributed by atoms with van der Waals surface area (Å²) in [6, 6.07) is 7.11. The van der Waals surface area contributed by atoms with Crippen molar-refractivity contribution in [3.05, 3.63) is 29.8 Å². The van der Waals surface area contributed by atoms with Gasteiger partial charge in [-0.2, -0.15) is 0 Å². The van der Waals surface area contributed by atoms with Gasteiger partial charge in [0.1, 0.15) is 0 Å². The van der Waals surface area contributed by atoms with Gasteiger partial charge in [-0.25, -0.2) is 4.79 Å². The van der Waals surface area contributed by atoms with Crippen LogP contribution < -0.4 is 5.32 Å². The first-order valence-electron chi connectivity index (χ1n) is 7.34. The molecule has 1 aliphatic heterocycles. The molecule has 1 aliphatic rings. The van der Waals surface area contributed by atoms with Crippen LogP contribution in [0.3, 0.4) is 0 Å². The van der Waals surface area contributed by atoms with Crippen molar-refractivity contribution in [3.8, 4) is 0 Å². The molecule has 5 heteroatoms. The van der Waals surface area contributed by atoms with E-state index in [4.69, 9.17) is 0 Å². The highest BCUT2D eigenvalue weighted by atomic mass is 16.2. The molecule has 1 atom stereocenters. The minimum atomic E-state index is -0.0756. The molecule has 1 unspecified atom stereocenters. The predicted octanol–water partition coefficient (Wildman–Crippen LogP) is 2.45. The Balaban J connectivity index is 2.01. The van der Waals surface area contributed by atoms with E-state index >= 15 is 0 Å². The maximum Gasteiger partial charge on any atom is 0.322 e. The molecule has 0 aliphatic carbocycles. The second-order valence-electron chi connectivity index (χ2n) is 5.72. The molecular weight excluding hydrogens is 266 g/mol. The molecule has 1 aromatic carbocycles. The first kappa shape index (κ1) is 15.5. The van der Waals surface area contributed by atoms with E-state index in [1.165, 1.54) is 6.92 Å². The number of benzene rings is 1. The molecule has 1 heterocycles. The first-order chi connectivity index (χ1) is 9.97. The van der Waals surface area contributed by atoms with Crippen LogP contribution in [0, 0.1) is 0 Å². The summed E-state index contributed by atoms with van der Waals surface area (Å²) in [5.41, 5.74) is 1.37. The largest absolute Gasteiger partial charge is 0.322 e. The standard InChI is InChI=1S/C16H23N3O2/c1-12-11-18(3)9-4-10-19(12)16(21)17-15-7-5-14(6-8-15)13(2)20/h5-8,12H,4,9-11H2,1-3H3,(H,17,21). The zero-order valence-electron chi connectivity index (χ0n) is 12.9. The predicted molar refractivity (Wildman–Crippen MR) is 83.7 cm³/mol. The molecule has 1 N–H and O–H groups in total. The summed E-state index contributed by atoms with van der Waals surface area (Å²) in [6.07, 6.45) is 0.984. The molecule has 1 saturated heterocycles. The van der Waals surface area contributed by atoms with Gasteiger partial charge < -0.3 is 15.1 Å². The molecule has 5 nitrogen and oxygen atoms in total. The monoisotopic (exact) mass is 289 g/mol. The van der Waals surface area contributed by atoms with Crippen molar-refractivity contribution in [2.45, 2.75) is 26.3 Å². The summed E-state index contributed by atoms with van der Waals surface area (Å²) < 4.78 is 0. The second-order valence-corrected chi connectivity index (χ2v) is 5.72. The highest BCUT2D eigenvalue weighted by Gasteiger charge is 2.23. The SMILES string of the molecule is CC(=O)c1ccc(NC(=O)N2CCCN(C)CC2C)cc1. The zero-order valence-corrected chi connectivity index (χ0v) is 12.9. The van der Waals surface area contributed by atoms with Crippen LogP contribution >= 0.6 is 0 Å². The van der Waals surface area contributed by atoms with E-state index in [1.54, 1.807) is 24.3 Å². The highest BCUT2D eigenvalue weighted by molar-refractivity contribution is 5.95. The number of anilines is 1. The van der Waals surface area contributed by atoms with Crippen molar-refractivity contribution in [1.82, 2.24) is 9.80 Å². The van der Waals surface area contributed by atoms with E-state index in [9.17, 15) is 9.59 Å². The number of hydrogen-bond donors (Lipinski definition) is 1. The molecule has 114 valence electrons. The van der Waals surface area contributed by atoms with Gasteiger partial charge in [0.2, 0.25) is 0 Å². The maximum absolute atomic E-state index is 12.4. The Morgan fingerprint density at radius 2 is 1.86 bits per heavy atom. The molecule has 1 fully saturated rings. The minimum absolute atomic E-state index is 0.0251. The van der Waals surface area contributed by atoms with Gasteiger partial charge in [-0.1, -0.05) is 0 Å². The molecule has 0 bridgehead atoms. The van der Waals surface area contributed by atoms with Crippen LogP contribution in [-0.2, 0) is 0 Å². The lowest BCUT2D eigenvalue weighted by Gasteiger charge is -2.28. The maximum atomic E-state index is 12.4. The fourth-order valence-corrected chi connectivity index (χ4v) is 2.66. The summed E-state index contributed by atoms with van der Waals surface area (Å²) in [5, 5.41) is 2.91.